The number of anilines is 1. The number of fused-ring (bicyclic) bond motifs is 1. The molecule has 0 spiro atoms. The molecule has 0 atom stereocenters. The van der Waals surface area contributed by atoms with Crippen molar-refractivity contribution in [2.45, 2.75) is 38.1 Å². The Balaban J connectivity index is 1.85. The Labute approximate surface area is 98.9 Å². The van der Waals surface area contributed by atoms with Gasteiger partial charge in [-0.2, -0.15) is 0 Å². The van der Waals surface area contributed by atoms with E-state index in [1.165, 1.54) is 36.8 Å². The van der Waals surface area contributed by atoms with Gasteiger partial charge in [0.1, 0.15) is 5.82 Å². The van der Waals surface area contributed by atoms with Crippen molar-refractivity contribution in [3.05, 3.63) is 17.8 Å². The van der Waals surface area contributed by atoms with Gasteiger partial charge in [0.05, 0.1) is 15.7 Å². The Morgan fingerprint density at radius 2 is 2.06 bits per heavy atom. The number of rotatable bonds is 2. The molecule has 0 radical (unpaired) electrons. The van der Waals surface area contributed by atoms with Crippen LogP contribution in [0.25, 0.3) is 10.2 Å². The van der Waals surface area contributed by atoms with Gasteiger partial charge in [-0.1, -0.05) is 19.3 Å². The average molecular weight is 233 g/mol. The van der Waals surface area contributed by atoms with E-state index >= 15 is 0 Å². The summed E-state index contributed by atoms with van der Waals surface area (Å²) in [4.78, 5) is 8.74. The van der Waals surface area contributed by atoms with Gasteiger partial charge < -0.3 is 5.32 Å². The fourth-order valence-electron chi connectivity index (χ4n) is 2.33. The number of pyridine rings is 1. The molecule has 0 unspecified atom stereocenters. The lowest BCUT2D eigenvalue weighted by atomic mass is 9.95. The van der Waals surface area contributed by atoms with Gasteiger partial charge in [-0.05, 0) is 18.9 Å². The molecule has 1 N–H and O–H groups in total. The van der Waals surface area contributed by atoms with Crippen molar-refractivity contribution < 1.29 is 0 Å². The van der Waals surface area contributed by atoms with Crippen molar-refractivity contribution in [2.75, 3.05) is 5.32 Å². The summed E-state index contributed by atoms with van der Waals surface area (Å²) in [7, 11) is 0. The molecule has 1 aliphatic carbocycles. The molecule has 4 heteroatoms. The van der Waals surface area contributed by atoms with E-state index in [9.17, 15) is 0 Å². The summed E-state index contributed by atoms with van der Waals surface area (Å²) in [6, 6.07) is 2.58. The second-order valence-electron chi connectivity index (χ2n) is 4.34. The van der Waals surface area contributed by atoms with Crippen LogP contribution in [-0.4, -0.2) is 16.0 Å². The summed E-state index contributed by atoms with van der Waals surface area (Å²) < 4.78 is 1.19. The SMILES string of the molecule is c1cc2ncsc2c(NC2CCCCC2)n1. The van der Waals surface area contributed by atoms with E-state index in [1.807, 2.05) is 17.8 Å². The number of nitrogens with one attached hydrogen (secondary N) is 1. The second kappa shape index (κ2) is 4.37. The van der Waals surface area contributed by atoms with Crippen molar-refractivity contribution >= 4 is 27.4 Å². The molecule has 0 amide bonds. The number of thiazole rings is 1. The molecule has 1 saturated carbocycles. The monoisotopic (exact) mass is 233 g/mol. The number of aromatic nitrogens is 2. The standard InChI is InChI=1S/C12H15N3S/c1-2-4-9(5-3-1)15-12-11-10(6-7-13-12)14-8-16-11/h6-9H,1-5H2,(H,13,15). The molecule has 1 fully saturated rings. The molecule has 3 rings (SSSR count). The van der Waals surface area contributed by atoms with Gasteiger partial charge in [-0.3, -0.25) is 0 Å². The van der Waals surface area contributed by atoms with E-state index in [-0.39, 0.29) is 0 Å². The molecule has 3 nitrogen and oxygen atoms in total. The molecule has 0 aliphatic heterocycles. The quantitative estimate of drug-likeness (QED) is 0.863. The first kappa shape index (κ1) is 10.0. The van der Waals surface area contributed by atoms with Gasteiger partial charge in [0.15, 0.2) is 0 Å². The zero-order chi connectivity index (χ0) is 10.8. The summed E-state index contributed by atoms with van der Waals surface area (Å²) in [5, 5.41) is 3.57. The second-order valence-corrected chi connectivity index (χ2v) is 5.19. The van der Waals surface area contributed by atoms with Crippen LogP contribution in [0.5, 0.6) is 0 Å². The Kier molecular flexibility index (Phi) is 2.74. The van der Waals surface area contributed by atoms with Crippen LogP contribution in [0.2, 0.25) is 0 Å². The van der Waals surface area contributed by atoms with Crippen LogP contribution in [0.4, 0.5) is 5.82 Å². The lowest BCUT2D eigenvalue weighted by molar-refractivity contribution is 0.462. The zero-order valence-corrected chi connectivity index (χ0v) is 9.96. The van der Waals surface area contributed by atoms with Crippen LogP contribution in [-0.2, 0) is 0 Å². The molecular weight excluding hydrogens is 218 g/mol. The third-order valence-electron chi connectivity index (χ3n) is 3.19. The van der Waals surface area contributed by atoms with Gasteiger partial charge in [0.25, 0.3) is 0 Å². The molecular formula is C12H15N3S. The van der Waals surface area contributed by atoms with Gasteiger partial charge in [0.2, 0.25) is 0 Å². The lowest BCUT2D eigenvalue weighted by Gasteiger charge is -2.23. The van der Waals surface area contributed by atoms with Crippen LogP contribution in [0.15, 0.2) is 17.8 Å². The minimum absolute atomic E-state index is 0.606. The van der Waals surface area contributed by atoms with E-state index in [0.29, 0.717) is 6.04 Å². The highest BCUT2D eigenvalue weighted by atomic mass is 32.1. The number of hydrogen-bond acceptors (Lipinski definition) is 4. The maximum absolute atomic E-state index is 4.43. The summed E-state index contributed by atoms with van der Waals surface area (Å²) in [5.41, 5.74) is 2.94. The summed E-state index contributed by atoms with van der Waals surface area (Å²) in [6.45, 7) is 0. The first-order valence-corrected chi connectivity index (χ1v) is 6.76. The van der Waals surface area contributed by atoms with Gasteiger partial charge >= 0.3 is 0 Å². The molecule has 2 aromatic heterocycles. The predicted octanol–water partition coefficient (Wildman–Crippen LogP) is 3.44. The first-order chi connectivity index (χ1) is 7.93. The van der Waals surface area contributed by atoms with Crippen LogP contribution in [0, 0.1) is 0 Å². The largest absolute Gasteiger partial charge is 0.366 e. The van der Waals surface area contributed by atoms with E-state index in [0.717, 1.165) is 11.3 Å². The highest BCUT2D eigenvalue weighted by Crippen LogP contribution is 2.27. The smallest absolute Gasteiger partial charge is 0.145 e. The highest BCUT2D eigenvalue weighted by Gasteiger charge is 2.15. The van der Waals surface area contributed by atoms with Crippen molar-refractivity contribution in [2.24, 2.45) is 0 Å². The maximum Gasteiger partial charge on any atom is 0.145 e. The summed E-state index contributed by atoms with van der Waals surface area (Å²) in [6.07, 6.45) is 8.46. The molecule has 0 aromatic carbocycles. The molecule has 2 aromatic rings. The molecule has 16 heavy (non-hydrogen) atoms. The van der Waals surface area contributed by atoms with Crippen LogP contribution in [0.1, 0.15) is 32.1 Å². The Morgan fingerprint density at radius 1 is 1.19 bits per heavy atom. The molecule has 1 aliphatic rings. The van der Waals surface area contributed by atoms with Crippen molar-refractivity contribution in [1.29, 1.82) is 0 Å². The maximum atomic E-state index is 4.43. The van der Waals surface area contributed by atoms with Crippen LogP contribution < -0.4 is 5.32 Å². The van der Waals surface area contributed by atoms with E-state index in [2.05, 4.69) is 15.3 Å². The first-order valence-electron chi connectivity index (χ1n) is 5.88. The zero-order valence-electron chi connectivity index (χ0n) is 9.15. The van der Waals surface area contributed by atoms with E-state index in [1.54, 1.807) is 11.3 Å². The molecule has 84 valence electrons. The topological polar surface area (TPSA) is 37.8 Å². The van der Waals surface area contributed by atoms with Gasteiger partial charge in [-0.15, -0.1) is 11.3 Å². The molecule has 2 heterocycles. The van der Waals surface area contributed by atoms with Crippen molar-refractivity contribution in [3.63, 3.8) is 0 Å². The highest BCUT2D eigenvalue weighted by molar-refractivity contribution is 7.17. The van der Waals surface area contributed by atoms with Crippen LogP contribution in [0.3, 0.4) is 0 Å². The average Bonchev–Trinajstić information content (AvgIpc) is 2.80. The van der Waals surface area contributed by atoms with Crippen molar-refractivity contribution in [1.82, 2.24) is 9.97 Å². The van der Waals surface area contributed by atoms with Crippen LogP contribution >= 0.6 is 11.3 Å². The molecule has 0 saturated heterocycles. The summed E-state index contributed by atoms with van der Waals surface area (Å²) in [5.74, 6) is 1.02. The van der Waals surface area contributed by atoms with E-state index in [4.69, 9.17) is 0 Å². The number of nitrogens with zero attached hydrogens (tertiary/aromatic N) is 2. The minimum atomic E-state index is 0.606. The van der Waals surface area contributed by atoms with Crippen molar-refractivity contribution in [3.8, 4) is 0 Å². The fourth-order valence-corrected chi connectivity index (χ4v) is 3.07. The lowest BCUT2D eigenvalue weighted by Crippen LogP contribution is -2.22. The predicted molar refractivity (Wildman–Crippen MR) is 67.9 cm³/mol. The number of hydrogen-bond donors (Lipinski definition) is 1. The Morgan fingerprint density at radius 3 is 2.94 bits per heavy atom. The third kappa shape index (κ3) is 1.89. The summed E-state index contributed by atoms with van der Waals surface area (Å²) >= 11 is 1.67. The normalized spacial score (nSPS) is 17.8. The fraction of sp³-hybridized carbons (Fsp3) is 0.500. The third-order valence-corrected chi connectivity index (χ3v) is 4.04. The van der Waals surface area contributed by atoms with E-state index < -0.39 is 0 Å². The Bertz CT molecular complexity index is 474. The van der Waals surface area contributed by atoms with Gasteiger partial charge in [0, 0.05) is 12.2 Å². The molecule has 0 bridgehead atoms. The van der Waals surface area contributed by atoms with Gasteiger partial charge in [-0.25, -0.2) is 9.97 Å². The minimum Gasteiger partial charge on any atom is -0.366 e. The Hall–Kier alpha value is -1.16.